The van der Waals surface area contributed by atoms with Crippen LogP contribution in [0.3, 0.4) is 0 Å². The van der Waals surface area contributed by atoms with Gasteiger partial charge in [0.15, 0.2) is 5.75 Å². The maximum Gasteiger partial charge on any atom is 0.247 e. The Morgan fingerprint density at radius 2 is 1.75 bits per heavy atom. The van der Waals surface area contributed by atoms with Crippen LogP contribution in [0.4, 0.5) is 16.0 Å². The van der Waals surface area contributed by atoms with E-state index in [1.165, 1.54) is 28.5 Å². The topological polar surface area (TPSA) is 184 Å². The minimum atomic E-state index is -1.58. The molecule has 3 aromatic heterocycles. The summed E-state index contributed by atoms with van der Waals surface area (Å²) in [6.07, 6.45) is 10.2. The van der Waals surface area contributed by atoms with Gasteiger partial charge in [-0.3, -0.25) is 9.59 Å². The van der Waals surface area contributed by atoms with Crippen LogP contribution in [-0.4, -0.2) is 84.9 Å². The number of fused-ring (bicyclic) bond motifs is 1. The van der Waals surface area contributed by atoms with Crippen LogP contribution in [0.2, 0.25) is 0 Å². The average Bonchev–Trinajstić information content (AvgIpc) is 3.97. The molecule has 0 radical (unpaired) electrons. The number of benzene rings is 3. The van der Waals surface area contributed by atoms with Crippen LogP contribution in [0.1, 0.15) is 101 Å². The molecule has 1 amide bonds. The summed E-state index contributed by atoms with van der Waals surface area (Å²) in [5.74, 6) is 0.953. The largest absolute Gasteiger partial charge is 0.485 e. The predicted molar refractivity (Wildman–Crippen MR) is 249 cm³/mol. The first-order chi connectivity index (χ1) is 31.4. The molecular formula is C48H60FN9O6S. The second-order valence-electron chi connectivity index (χ2n) is 15.5. The highest BCUT2D eigenvalue weighted by Crippen LogP contribution is 2.43. The summed E-state index contributed by atoms with van der Waals surface area (Å²) in [7, 11) is 1.70. The highest BCUT2D eigenvalue weighted by Gasteiger charge is 2.30. The van der Waals surface area contributed by atoms with Crippen LogP contribution in [-0.2, 0) is 31.5 Å². The van der Waals surface area contributed by atoms with E-state index in [-0.39, 0.29) is 35.9 Å². The molecule has 0 aliphatic heterocycles. The van der Waals surface area contributed by atoms with Crippen LogP contribution in [0, 0.1) is 11.7 Å². The molecule has 3 atom stereocenters. The second kappa shape index (κ2) is 24.2. The fourth-order valence-electron chi connectivity index (χ4n) is 7.22. The van der Waals surface area contributed by atoms with Crippen molar-refractivity contribution in [1.82, 2.24) is 40.0 Å². The molecule has 1 aliphatic rings. The Morgan fingerprint density at radius 3 is 2.40 bits per heavy atom. The Kier molecular flexibility index (Phi) is 18.6. The van der Waals surface area contributed by atoms with E-state index in [4.69, 9.17) is 9.47 Å². The number of likely N-dealkylation sites (N-methyl/N-ethyl adjacent to an activating group) is 1. The molecule has 15 nitrogen and oxygen atoms in total. The van der Waals surface area contributed by atoms with Crippen LogP contribution in [0.15, 0.2) is 95.2 Å². The first-order valence-corrected chi connectivity index (χ1v) is 23.1. The first kappa shape index (κ1) is 49.8. The Labute approximate surface area is 382 Å². The van der Waals surface area contributed by atoms with E-state index in [1.807, 2.05) is 90.2 Å². The normalized spacial score (nSPS) is 15.6. The molecule has 0 saturated heterocycles. The Hall–Kier alpha value is -6.17. The second-order valence-corrected chi connectivity index (χ2v) is 17.0. The SMILES string of the molecule is CC.CCOC(C)n1cc(-c2ncn3nc(Nc4ccc(S(=O)c5cccc(CC6CC(c7ccc(C=O)cc7)C6)c5)cc4F)nc3c2OC(C)C)cn1.CNC(=O)CCC(C=O)NC. The van der Waals surface area contributed by atoms with Crippen molar-refractivity contribution >= 4 is 46.6 Å². The summed E-state index contributed by atoms with van der Waals surface area (Å²) < 4.78 is 44.1. The number of anilines is 2. The maximum absolute atomic E-state index is 15.5. The number of ether oxygens (including phenoxy) is 2. The zero-order chi connectivity index (χ0) is 47.0. The van der Waals surface area contributed by atoms with Gasteiger partial charge in [0.05, 0.1) is 34.8 Å². The fourth-order valence-corrected chi connectivity index (χ4v) is 8.35. The number of carbonyl (C=O) groups is 3. The van der Waals surface area contributed by atoms with Gasteiger partial charge in [-0.1, -0.05) is 50.2 Å². The Balaban J connectivity index is 0.000000536. The molecular weight excluding hydrogens is 850 g/mol. The summed E-state index contributed by atoms with van der Waals surface area (Å²) in [5.41, 5.74) is 4.85. The van der Waals surface area contributed by atoms with Gasteiger partial charge in [-0.2, -0.15) is 14.6 Å². The zero-order valence-electron chi connectivity index (χ0n) is 38.3. The quantitative estimate of drug-likeness (QED) is 0.0663. The molecule has 1 aliphatic carbocycles. The van der Waals surface area contributed by atoms with E-state index in [1.54, 1.807) is 31.0 Å². The number of hydrogen-bond donors (Lipinski definition) is 3. The number of aromatic nitrogens is 6. The smallest absolute Gasteiger partial charge is 0.247 e. The van der Waals surface area contributed by atoms with Gasteiger partial charge in [0.1, 0.15) is 36.6 Å². The van der Waals surface area contributed by atoms with Crippen molar-refractivity contribution in [2.45, 2.75) is 108 Å². The standard InChI is InChI=1S/C39H40FN7O4S.C7H14N2O2.C2H6/c1-5-50-25(4)46-21-31(20-42-46)36-37(51-24(2)3)38-44-39(45-47(38)23-41-36)43-35-14-13-33(19-34(35)40)52(49)32-8-6-7-27(18-32)15-28-16-30(17-28)29-11-9-26(22-48)10-12-29;1-8-6(5-10)3-4-7(11)9-2;1-2/h6-14,18-25,28,30H,5,15-17H2,1-4H3,(H,43,45);5-6,8H,3-4H2,1-2H3,(H,9,11);1-2H3. The van der Waals surface area contributed by atoms with Gasteiger partial charge in [0.25, 0.3) is 0 Å². The van der Waals surface area contributed by atoms with E-state index in [0.717, 1.165) is 43.0 Å². The van der Waals surface area contributed by atoms with Crippen molar-refractivity contribution in [3.05, 3.63) is 108 Å². The monoisotopic (exact) mass is 909 g/mol. The number of rotatable bonds is 19. The number of nitrogens with one attached hydrogen (secondary N) is 3. The molecule has 3 aromatic carbocycles. The molecule has 0 spiro atoms. The predicted octanol–water partition coefficient (Wildman–Crippen LogP) is 8.25. The molecule has 3 heterocycles. The molecule has 3 unspecified atom stereocenters. The summed E-state index contributed by atoms with van der Waals surface area (Å²) in [5, 5.41) is 17.1. The van der Waals surface area contributed by atoms with Crippen LogP contribution < -0.4 is 20.7 Å². The minimum absolute atomic E-state index is 0.0351. The van der Waals surface area contributed by atoms with Gasteiger partial charge in [0.2, 0.25) is 17.5 Å². The number of carbonyl (C=O) groups excluding carboxylic acids is 3. The molecule has 1 fully saturated rings. The van der Waals surface area contributed by atoms with Gasteiger partial charge >= 0.3 is 0 Å². The van der Waals surface area contributed by atoms with Gasteiger partial charge < -0.3 is 30.2 Å². The first-order valence-electron chi connectivity index (χ1n) is 22.0. The minimum Gasteiger partial charge on any atom is -0.485 e. The van der Waals surface area contributed by atoms with E-state index in [9.17, 15) is 18.6 Å². The van der Waals surface area contributed by atoms with Gasteiger partial charge in [-0.15, -0.1) is 5.10 Å². The molecule has 7 rings (SSSR count). The number of hydrogen-bond acceptors (Lipinski definition) is 12. The van der Waals surface area contributed by atoms with Crippen molar-refractivity contribution in [3.8, 4) is 17.0 Å². The summed E-state index contributed by atoms with van der Waals surface area (Å²) in [6, 6.07) is 19.8. The van der Waals surface area contributed by atoms with Crippen LogP contribution in [0.5, 0.6) is 5.75 Å². The average molecular weight is 910 g/mol. The van der Waals surface area contributed by atoms with E-state index in [0.29, 0.717) is 63.7 Å². The lowest BCUT2D eigenvalue weighted by Crippen LogP contribution is -2.29. The van der Waals surface area contributed by atoms with Crippen molar-refractivity contribution in [3.63, 3.8) is 0 Å². The Morgan fingerprint density at radius 1 is 1.02 bits per heavy atom. The molecule has 346 valence electrons. The fraction of sp³-hybridized carbons (Fsp3) is 0.396. The lowest BCUT2D eigenvalue weighted by atomic mass is 9.69. The molecule has 6 aromatic rings. The van der Waals surface area contributed by atoms with Crippen molar-refractivity contribution in [2.24, 2.45) is 5.92 Å². The number of halogens is 1. The third kappa shape index (κ3) is 13.2. The number of nitrogens with zero attached hydrogens (tertiary/aromatic N) is 6. The van der Waals surface area contributed by atoms with Crippen LogP contribution in [0.25, 0.3) is 16.9 Å². The van der Waals surface area contributed by atoms with E-state index < -0.39 is 16.6 Å². The highest BCUT2D eigenvalue weighted by atomic mass is 32.2. The van der Waals surface area contributed by atoms with Crippen molar-refractivity contribution in [2.75, 3.05) is 26.0 Å². The van der Waals surface area contributed by atoms with Crippen LogP contribution >= 0.6 is 0 Å². The summed E-state index contributed by atoms with van der Waals surface area (Å²) >= 11 is 0. The molecule has 1 saturated carbocycles. The molecule has 65 heavy (non-hydrogen) atoms. The molecule has 0 bridgehead atoms. The number of amides is 1. The lowest BCUT2D eigenvalue weighted by molar-refractivity contribution is -0.120. The molecule has 17 heteroatoms. The lowest BCUT2D eigenvalue weighted by Gasteiger charge is -2.36. The summed E-state index contributed by atoms with van der Waals surface area (Å²) in [4.78, 5) is 42.1. The Bertz CT molecular complexity index is 2520. The van der Waals surface area contributed by atoms with E-state index in [2.05, 4.69) is 42.2 Å². The zero-order valence-corrected chi connectivity index (χ0v) is 39.1. The van der Waals surface area contributed by atoms with Crippen molar-refractivity contribution < 1.29 is 32.5 Å². The third-order valence-electron chi connectivity index (χ3n) is 10.7. The molecule has 3 N–H and O–H groups in total. The maximum atomic E-state index is 15.5. The van der Waals surface area contributed by atoms with Gasteiger partial charge in [-0.25, -0.2) is 18.3 Å². The van der Waals surface area contributed by atoms with Gasteiger partial charge in [-0.05, 0) is 114 Å². The number of aldehydes is 2. The summed E-state index contributed by atoms with van der Waals surface area (Å²) in [6.45, 7) is 12.2. The van der Waals surface area contributed by atoms with Gasteiger partial charge in [0, 0.05) is 47.2 Å². The van der Waals surface area contributed by atoms with Crippen molar-refractivity contribution in [1.29, 1.82) is 0 Å². The van der Waals surface area contributed by atoms with E-state index >= 15 is 4.39 Å². The third-order valence-corrected chi connectivity index (χ3v) is 12.0. The highest BCUT2D eigenvalue weighted by molar-refractivity contribution is 7.85.